The van der Waals surface area contributed by atoms with Gasteiger partial charge < -0.3 is 15.8 Å². The molecule has 0 aliphatic heterocycles. The highest BCUT2D eigenvalue weighted by atomic mass is 16.5. The highest BCUT2D eigenvalue weighted by Crippen LogP contribution is 2.67. The molecule has 1 aliphatic carbocycles. The summed E-state index contributed by atoms with van der Waals surface area (Å²) >= 11 is 0. The maximum Gasteiger partial charge on any atom is 0.255 e. The van der Waals surface area contributed by atoms with Gasteiger partial charge in [-0.2, -0.15) is 0 Å². The van der Waals surface area contributed by atoms with E-state index in [4.69, 9.17) is 10.5 Å². The molecule has 1 aromatic carbocycles. The molecule has 2 rings (SSSR count). The van der Waals surface area contributed by atoms with Crippen LogP contribution in [-0.2, 0) is 0 Å². The van der Waals surface area contributed by atoms with Gasteiger partial charge in [-0.05, 0) is 28.9 Å². The Morgan fingerprint density at radius 1 is 1.30 bits per heavy atom. The number of anilines is 1. The summed E-state index contributed by atoms with van der Waals surface area (Å²) in [6.45, 7) is 9.64. The van der Waals surface area contributed by atoms with Gasteiger partial charge >= 0.3 is 0 Å². The van der Waals surface area contributed by atoms with Crippen LogP contribution < -0.4 is 15.8 Å². The Morgan fingerprint density at radius 3 is 2.40 bits per heavy atom. The topological polar surface area (TPSA) is 64.3 Å². The molecular formula is C16H24N2O2. The zero-order valence-electron chi connectivity index (χ0n) is 12.9. The average Bonchev–Trinajstić information content (AvgIpc) is 2.76. The molecule has 0 unspecified atom stereocenters. The van der Waals surface area contributed by atoms with Gasteiger partial charge in [0.2, 0.25) is 0 Å². The van der Waals surface area contributed by atoms with Crippen molar-refractivity contribution in [1.82, 2.24) is 5.32 Å². The minimum absolute atomic E-state index is 0.132. The van der Waals surface area contributed by atoms with Crippen LogP contribution in [0.4, 0.5) is 5.69 Å². The lowest BCUT2D eigenvalue weighted by molar-refractivity contribution is 0.0947. The molecule has 3 N–H and O–H groups in total. The zero-order chi connectivity index (χ0) is 15.1. The smallest absolute Gasteiger partial charge is 0.255 e. The Morgan fingerprint density at radius 2 is 1.90 bits per heavy atom. The van der Waals surface area contributed by atoms with Crippen molar-refractivity contribution in [2.24, 2.45) is 16.7 Å². The summed E-state index contributed by atoms with van der Waals surface area (Å²) in [6.07, 6.45) is 0. The number of nitrogen functional groups attached to an aromatic ring is 1. The van der Waals surface area contributed by atoms with Crippen molar-refractivity contribution < 1.29 is 9.53 Å². The number of methoxy groups -OCH3 is 1. The lowest BCUT2D eigenvalue weighted by Crippen LogP contribution is -2.27. The van der Waals surface area contributed by atoms with E-state index in [9.17, 15) is 4.79 Å². The molecule has 0 radical (unpaired) electrons. The van der Waals surface area contributed by atoms with E-state index < -0.39 is 0 Å². The molecule has 20 heavy (non-hydrogen) atoms. The number of nitrogens with two attached hydrogens (primary N) is 1. The Labute approximate surface area is 120 Å². The third-order valence-electron chi connectivity index (χ3n) is 5.28. The number of hydrogen-bond acceptors (Lipinski definition) is 3. The molecule has 1 saturated carbocycles. The first-order chi connectivity index (χ1) is 9.23. The minimum atomic E-state index is -0.132. The maximum absolute atomic E-state index is 12.3. The van der Waals surface area contributed by atoms with E-state index in [0.717, 1.165) is 0 Å². The molecule has 0 bridgehead atoms. The minimum Gasteiger partial charge on any atom is -0.494 e. The molecule has 4 heteroatoms. The van der Waals surface area contributed by atoms with Gasteiger partial charge in [0, 0.05) is 6.54 Å². The van der Waals surface area contributed by atoms with Crippen molar-refractivity contribution in [3.63, 3.8) is 0 Å². The lowest BCUT2D eigenvalue weighted by atomic mass is 10.0. The quantitative estimate of drug-likeness (QED) is 0.831. The average molecular weight is 276 g/mol. The Kier molecular flexibility index (Phi) is 3.44. The van der Waals surface area contributed by atoms with E-state index in [-0.39, 0.29) is 16.7 Å². The zero-order valence-corrected chi connectivity index (χ0v) is 12.9. The maximum atomic E-state index is 12.3. The third-order valence-corrected chi connectivity index (χ3v) is 5.28. The van der Waals surface area contributed by atoms with E-state index in [0.29, 0.717) is 29.5 Å². The van der Waals surface area contributed by atoms with Crippen molar-refractivity contribution in [1.29, 1.82) is 0 Å². The van der Waals surface area contributed by atoms with Gasteiger partial charge in [-0.15, -0.1) is 0 Å². The van der Waals surface area contributed by atoms with Crippen LogP contribution in [-0.4, -0.2) is 19.6 Å². The predicted molar refractivity (Wildman–Crippen MR) is 80.8 cm³/mol. The molecule has 0 atom stereocenters. The number of para-hydroxylation sites is 1. The Hall–Kier alpha value is -1.71. The fourth-order valence-electron chi connectivity index (χ4n) is 3.09. The van der Waals surface area contributed by atoms with Crippen LogP contribution >= 0.6 is 0 Å². The molecule has 1 aliphatic rings. The molecular weight excluding hydrogens is 252 g/mol. The predicted octanol–water partition coefficient (Wildman–Crippen LogP) is 2.69. The summed E-state index contributed by atoms with van der Waals surface area (Å²) in [5.41, 5.74) is 7.32. The van der Waals surface area contributed by atoms with Crippen LogP contribution in [0.5, 0.6) is 5.75 Å². The SMILES string of the molecule is COc1c(N)cccc1C(=O)NCC1C(C)(C)C1(C)C. The summed E-state index contributed by atoms with van der Waals surface area (Å²) in [5.74, 6) is 0.804. The first kappa shape index (κ1) is 14.7. The van der Waals surface area contributed by atoms with Crippen molar-refractivity contribution in [3.05, 3.63) is 23.8 Å². The van der Waals surface area contributed by atoms with Gasteiger partial charge in [0.05, 0.1) is 18.4 Å². The monoisotopic (exact) mass is 276 g/mol. The van der Waals surface area contributed by atoms with Crippen LogP contribution in [0.3, 0.4) is 0 Å². The third kappa shape index (κ3) is 2.13. The summed E-state index contributed by atoms with van der Waals surface area (Å²) in [6, 6.07) is 5.22. The van der Waals surface area contributed by atoms with Crippen LogP contribution in [0, 0.1) is 16.7 Å². The van der Waals surface area contributed by atoms with Gasteiger partial charge in [-0.3, -0.25) is 4.79 Å². The van der Waals surface area contributed by atoms with Crippen LogP contribution in [0.15, 0.2) is 18.2 Å². The summed E-state index contributed by atoms with van der Waals surface area (Å²) < 4.78 is 5.22. The molecule has 0 heterocycles. The molecule has 0 saturated heterocycles. The van der Waals surface area contributed by atoms with Crippen molar-refractivity contribution >= 4 is 11.6 Å². The highest BCUT2D eigenvalue weighted by Gasteiger charge is 2.64. The van der Waals surface area contributed by atoms with Crippen LogP contribution in [0.1, 0.15) is 38.1 Å². The van der Waals surface area contributed by atoms with Gasteiger partial charge in [-0.1, -0.05) is 33.8 Å². The lowest BCUT2D eigenvalue weighted by Gasteiger charge is -2.11. The van der Waals surface area contributed by atoms with Gasteiger partial charge in [-0.25, -0.2) is 0 Å². The normalized spacial score (nSPS) is 19.4. The van der Waals surface area contributed by atoms with E-state index in [1.165, 1.54) is 7.11 Å². The number of nitrogens with one attached hydrogen (secondary N) is 1. The van der Waals surface area contributed by atoms with E-state index >= 15 is 0 Å². The van der Waals surface area contributed by atoms with Crippen LogP contribution in [0.2, 0.25) is 0 Å². The highest BCUT2D eigenvalue weighted by molar-refractivity contribution is 5.98. The second-order valence-electron chi connectivity index (χ2n) is 6.63. The number of ether oxygens (including phenoxy) is 1. The molecule has 110 valence electrons. The van der Waals surface area contributed by atoms with E-state index in [2.05, 4.69) is 33.0 Å². The first-order valence-corrected chi connectivity index (χ1v) is 6.94. The molecule has 1 aromatic rings. The second-order valence-corrected chi connectivity index (χ2v) is 6.63. The van der Waals surface area contributed by atoms with E-state index in [1.807, 2.05) is 0 Å². The van der Waals surface area contributed by atoms with Gasteiger partial charge in [0.15, 0.2) is 5.75 Å². The fraction of sp³-hybridized carbons (Fsp3) is 0.562. The molecule has 1 amide bonds. The number of carbonyl (C=O) groups is 1. The number of rotatable bonds is 4. The van der Waals surface area contributed by atoms with E-state index in [1.54, 1.807) is 18.2 Å². The number of benzene rings is 1. The van der Waals surface area contributed by atoms with Crippen molar-refractivity contribution in [2.75, 3.05) is 19.4 Å². The van der Waals surface area contributed by atoms with Gasteiger partial charge in [0.1, 0.15) is 0 Å². The Balaban J connectivity index is 2.06. The number of amides is 1. The molecule has 0 spiro atoms. The number of hydrogen-bond donors (Lipinski definition) is 2. The van der Waals surface area contributed by atoms with Crippen LogP contribution in [0.25, 0.3) is 0 Å². The number of carbonyl (C=O) groups excluding carboxylic acids is 1. The van der Waals surface area contributed by atoms with Crippen molar-refractivity contribution in [2.45, 2.75) is 27.7 Å². The molecule has 0 aromatic heterocycles. The van der Waals surface area contributed by atoms with Gasteiger partial charge in [0.25, 0.3) is 5.91 Å². The Bertz CT molecular complexity index is 521. The summed E-state index contributed by atoms with van der Waals surface area (Å²) in [4.78, 5) is 12.3. The standard InChI is InChI=1S/C16H24N2O2/c1-15(2)12(16(15,3)4)9-18-14(19)10-7-6-8-11(17)13(10)20-5/h6-8,12H,9,17H2,1-5H3,(H,18,19). The fourth-order valence-corrected chi connectivity index (χ4v) is 3.09. The molecule has 4 nitrogen and oxygen atoms in total. The molecule has 1 fully saturated rings. The summed E-state index contributed by atoms with van der Waals surface area (Å²) in [5, 5.41) is 3.00. The van der Waals surface area contributed by atoms with Crippen molar-refractivity contribution in [3.8, 4) is 5.75 Å². The first-order valence-electron chi connectivity index (χ1n) is 6.94. The second kappa shape index (κ2) is 4.69. The largest absolute Gasteiger partial charge is 0.494 e. The summed E-state index contributed by atoms with van der Waals surface area (Å²) in [7, 11) is 1.52.